The Kier molecular flexibility index (Phi) is 6.78. The van der Waals surface area contributed by atoms with Crippen molar-refractivity contribution in [1.82, 2.24) is 5.32 Å². The summed E-state index contributed by atoms with van der Waals surface area (Å²) in [6.45, 7) is 0. The monoisotopic (exact) mass is 368 g/mol. The SMILES string of the molecule is COC(=O)C(C#N)[C@@H](CC(=O)NC(=O)c1ccccc1)c1ccc(F)cc1. The molecule has 0 aliphatic heterocycles. The van der Waals surface area contributed by atoms with Gasteiger partial charge in [0.25, 0.3) is 5.91 Å². The molecule has 0 saturated carbocycles. The van der Waals surface area contributed by atoms with Crippen molar-refractivity contribution in [2.75, 3.05) is 7.11 Å². The average Bonchev–Trinajstić information content (AvgIpc) is 2.68. The average molecular weight is 368 g/mol. The number of nitrogens with one attached hydrogen (secondary N) is 1. The molecule has 0 fully saturated rings. The molecule has 0 aliphatic carbocycles. The number of hydrogen-bond donors (Lipinski definition) is 1. The Balaban J connectivity index is 2.21. The topological polar surface area (TPSA) is 96.3 Å². The van der Waals surface area contributed by atoms with Crippen molar-refractivity contribution in [2.45, 2.75) is 12.3 Å². The minimum Gasteiger partial charge on any atom is -0.468 e. The van der Waals surface area contributed by atoms with E-state index in [4.69, 9.17) is 0 Å². The number of esters is 1. The molecule has 6 nitrogen and oxygen atoms in total. The van der Waals surface area contributed by atoms with Gasteiger partial charge in [-0.05, 0) is 29.8 Å². The van der Waals surface area contributed by atoms with Gasteiger partial charge in [0.15, 0.2) is 5.92 Å². The first kappa shape index (κ1) is 19.8. The van der Waals surface area contributed by atoms with Gasteiger partial charge in [0.2, 0.25) is 5.91 Å². The highest BCUT2D eigenvalue weighted by atomic mass is 19.1. The van der Waals surface area contributed by atoms with Crippen molar-refractivity contribution in [3.63, 3.8) is 0 Å². The summed E-state index contributed by atoms with van der Waals surface area (Å²) in [5.74, 6) is -4.74. The first-order chi connectivity index (χ1) is 13.0. The van der Waals surface area contributed by atoms with Gasteiger partial charge in [-0.15, -0.1) is 0 Å². The second-order valence-corrected chi connectivity index (χ2v) is 5.74. The lowest BCUT2D eigenvalue weighted by Gasteiger charge is -2.20. The number of ether oxygens (including phenoxy) is 1. The zero-order valence-electron chi connectivity index (χ0n) is 14.5. The summed E-state index contributed by atoms with van der Waals surface area (Å²) in [6.07, 6.45) is -0.322. The van der Waals surface area contributed by atoms with Crippen LogP contribution in [-0.4, -0.2) is 24.9 Å². The van der Waals surface area contributed by atoms with Gasteiger partial charge in [-0.2, -0.15) is 5.26 Å². The van der Waals surface area contributed by atoms with Crippen molar-refractivity contribution >= 4 is 17.8 Å². The van der Waals surface area contributed by atoms with Gasteiger partial charge >= 0.3 is 5.97 Å². The second kappa shape index (κ2) is 9.25. The van der Waals surface area contributed by atoms with E-state index >= 15 is 0 Å². The molecule has 0 saturated heterocycles. The zero-order valence-corrected chi connectivity index (χ0v) is 14.5. The molecular weight excluding hydrogens is 351 g/mol. The molecule has 0 aliphatic rings. The number of halogens is 1. The van der Waals surface area contributed by atoms with Gasteiger partial charge in [-0.25, -0.2) is 4.39 Å². The summed E-state index contributed by atoms with van der Waals surface area (Å²) in [5.41, 5.74) is 0.713. The van der Waals surface area contributed by atoms with Crippen LogP contribution in [0.5, 0.6) is 0 Å². The van der Waals surface area contributed by atoms with Gasteiger partial charge in [0.05, 0.1) is 13.2 Å². The summed E-state index contributed by atoms with van der Waals surface area (Å²) < 4.78 is 17.8. The number of nitriles is 1. The van der Waals surface area contributed by atoms with E-state index in [-0.39, 0.29) is 6.42 Å². The van der Waals surface area contributed by atoms with E-state index in [9.17, 15) is 24.0 Å². The van der Waals surface area contributed by atoms with Crippen LogP contribution in [0.4, 0.5) is 4.39 Å². The fourth-order valence-corrected chi connectivity index (χ4v) is 2.61. The van der Waals surface area contributed by atoms with E-state index in [2.05, 4.69) is 10.1 Å². The van der Waals surface area contributed by atoms with Gasteiger partial charge in [0, 0.05) is 17.9 Å². The summed E-state index contributed by atoms with van der Waals surface area (Å²) >= 11 is 0. The minimum absolute atomic E-state index is 0.300. The molecule has 1 N–H and O–H groups in total. The van der Waals surface area contributed by atoms with Crippen LogP contribution in [-0.2, 0) is 14.3 Å². The Morgan fingerprint density at radius 3 is 2.30 bits per heavy atom. The zero-order chi connectivity index (χ0) is 19.8. The molecule has 2 aromatic carbocycles. The van der Waals surface area contributed by atoms with Crippen molar-refractivity contribution in [3.05, 3.63) is 71.5 Å². The Bertz CT molecular complexity index is 860. The molecule has 2 amide bonds. The fourth-order valence-electron chi connectivity index (χ4n) is 2.61. The van der Waals surface area contributed by atoms with Crippen molar-refractivity contribution in [3.8, 4) is 6.07 Å². The molecule has 0 radical (unpaired) electrons. The number of rotatable bonds is 6. The minimum atomic E-state index is -1.28. The standard InChI is InChI=1S/C20H17FN2O4/c1-27-20(26)17(12-22)16(13-7-9-15(21)10-8-13)11-18(24)23-19(25)14-5-3-2-4-6-14/h2-10,16-17H,11H2,1H3,(H,23,24,25)/t16-,17?/m0/s1. The molecule has 1 unspecified atom stereocenters. The normalized spacial score (nSPS) is 12.3. The molecule has 2 atom stereocenters. The number of nitrogens with zero attached hydrogens (tertiary/aromatic N) is 1. The molecule has 2 rings (SSSR count). The largest absolute Gasteiger partial charge is 0.468 e. The van der Waals surface area contributed by atoms with Gasteiger partial charge in [0.1, 0.15) is 5.82 Å². The van der Waals surface area contributed by atoms with Crippen LogP contribution < -0.4 is 5.32 Å². The smallest absolute Gasteiger partial charge is 0.323 e. The van der Waals surface area contributed by atoms with E-state index in [1.54, 1.807) is 30.3 Å². The molecule has 0 heterocycles. The molecular formula is C20H17FN2O4. The summed E-state index contributed by atoms with van der Waals surface area (Å²) in [6, 6.07) is 15.1. The number of amides is 2. The number of methoxy groups -OCH3 is 1. The first-order valence-corrected chi connectivity index (χ1v) is 8.08. The number of carbonyl (C=O) groups excluding carboxylic acids is 3. The van der Waals surface area contributed by atoms with Gasteiger partial charge in [-0.3, -0.25) is 19.7 Å². The highest BCUT2D eigenvalue weighted by Crippen LogP contribution is 2.29. The molecule has 2 aromatic rings. The van der Waals surface area contributed by atoms with Crippen LogP contribution >= 0.6 is 0 Å². The molecule has 0 spiro atoms. The van der Waals surface area contributed by atoms with Gasteiger partial charge in [-0.1, -0.05) is 30.3 Å². The lowest BCUT2D eigenvalue weighted by atomic mass is 9.84. The highest BCUT2D eigenvalue weighted by Gasteiger charge is 2.32. The lowest BCUT2D eigenvalue weighted by Crippen LogP contribution is -2.34. The Labute approximate surface area is 155 Å². The summed E-state index contributed by atoms with van der Waals surface area (Å²) in [7, 11) is 1.13. The van der Waals surface area contributed by atoms with Crippen LogP contribution in [0, 0.1) is 23.1 Å². The number of carbonyl (C=O) groups is 3. The quantitative estimate of drug-likeness (QED) is 0.791. The third-order valence-corrected chi connectivity index (χ3v) is 3.99. The summed E-state index contributed by atoms with van der Waals surface area (Å²) in [5, 5.41) is 11.6. The van der Waals surface area contributed by atoms with Crippen LogP contribution in [0.1, 0.15) is 28.3 Å². The molecule has 27 heavy (non-hydrogen) atoms. The van der Waals surface area contributed by atoms with E-state index in [0.717, 1.165) is 7.11 Å². The van der Waals surface area contributed by atoms with E-state index in [1.807, 2.05) is 6.07 Å². The van der Waals surface area contributed by atoms with Crippen LogP contribution in [0.2, 0.25) is 0 Å². The highest BCUT2D eigenvalue weighted by molar-refractivity contribution is 6.04. The first-order valence-electron chi connectivity index (χ1n) is 8.08. The molecule has 7 heteroatoms. The van der Waals surface area contributed by atoms with Gasteiger partial charge < -0.3 is 4.74 Å². The molecule has 0 bridgehead atoms. The molecule has 138 valence electrons. The Morgan fingerprint density at radius 1 is 1.11 bits per heavy atom. The summed E-state index contributed by atoms with van der Waals surface area (Å²) in [4.78, 5) is 36.4. The maximum Gasteiger partial charge on any atom is 0.323 e. The van der Waals surface area contributed by atoms with Crippen molar-refractivity contribution < 1.29 is 23.5 Å². The van der Waals surface area contributed by atoms with Crippen molar-refractivity contribution in [2.24, 2.45) is 5.92 Å². The molecule has 0 aromatic heterocycles. The fraction of sp³-hybridized carbons (Fsp3) is 0.200. The maximum absolute atomic E-state index is 13.2. The van der Waals surface area contributed by atoms with Crippen LogP contribution in [0.15, 0.2) is 54.6 Å². The van der Waals surface area contributed by atoms with E-state index < -0.39 is 35.4 Å². The predicted octanol–water partition coefficient (Wildman–Crippen LogP) is 2.57. The van der Waals surface area contributed by atoms with Crippen molar-refractivity contribution in [1.29, 1.82) is 5.26 Å². The lowest BCUT2D eigenvalue weighted by molar-refractivity contribution is -0.144. The second-order valence-electron chi connectivity index (χ2n) is 5.74. The Morgan fingerprint density at radius 2 is 1.74 bits per heavy atom. The number of imide groups is 1. The van der Waals surface area contributed by atoms with Crippen LogP contribution in [0.3, 0.4) is 0 Å². The predicted molar refractivity (Wildman–Crippen MR) is 93.8 cm³/mol. The third kappa shape index (κ3) is 5.22. The van der Waals surface area contributed by atoms with E-state index in [1.165, 1.54) is 24.3 Å². The third-order valence-electron chi connectivity index (χ3n) is 3.99. The maximum atomic E-state index is 13.2. The number of hydrogen-bond acceptors (Lipinski definition) is 5. The van der Waals surface area contributed by atoms with E-state index in [0.29, 0.717) is 11.1 Å². The Hall–Kier alpha value is -3.53. The van der Waals surface area contributed by atoms with Crippen LogP contribution in [0.25, 0.3) is 0 Å². The number of benzene rings is 2.